The Morgan fingerprint density at radius 2 is 2.11 bits per heavy atom. The molecule has 0 spiro atoms. The average molecular weight is 359 g/mol. The molecule has 1 atom stereocenters. The van der Waals surface area contributed by atoms with Crippen LogP contribution >= 0.6 is 0 Å². The van der Waals surface area contributed by atoms with Gasteiger partial charge in [0.2, 0.25) is 5.95 Å². The number of nitrogens with two attached hydrogens (primary N) is 1. The Bertz CT molecular complexity index is 1190. The number of rotatable bonds is 2. The lowest BCUT2D eigenvalue weighted by atomic mass is 10.0. The normalized spacial score (nSPS) is 13.1. The number of aromatic nitrogens is 4. The first kappa shape index (κ1) is 16.8. The van der Waals surface area contributed by atoms with E-state index in [1.54, 1.807) is 26.1 Å². The first-order valence-electron chi connectivity index (χ1n) is 8.32. The molecule has 134 valence electrons. The second kappa shape index (κ2) is 6.27. The van der Waals surface area contributed by atoms with Gasteiger partial charge in [-0.05, 0) is 38.1 Å². The number of aryl methyl sites for hydroxylation is 1. The van der Waals surface area contributed by atoms with Crippen LogP contribution in [0.25, 0.3) is 16.7 Å². The summed E-state index contributed by atoms with van der Waals surface area (Å²) in [5.41, 5.74) is 7.04. The quantitative estimate of drug-likeness (QED) is 0.533. The fourth-order valence-corrected chi connectivity index (χ4v) is 2.73. The van der Waals surface area contributed by atoms with E-state index in [9.17, 15) is 5.11 Å². The van der Waals surface area contributed by atoms with E-state index in [4.69, 9.17) is 10.3 Å². The molecule has 3 heterocycles. The molecular weight excluding hydrogens is 342 g/mol. The molecule has 7 nitrogen and oxygen atoms in total. The molecule has 1 unspecified atom stereocenters. The van der Waals surface area contributed by atoms with Crippen LogP contribution in [0.3, 0.4) is 0 Å². The summed E-state index contributed by atoms with van der Waals surface area (Å²) in [5.74, 6) is 6.69. The van der Waals surface area contributed by atoms with Crippen molar-refractivity contribution in [2.45, 2.75) is 19.4 Å². The van der Waals surface area contributed by atoms with Crippen molar-refractivity contribution in [3.8, 4) is 17.5 Å². The molecule has 0 bridgehead atoms. The summed E-state index contributed by atoms with van der Waals surface area (Å²) in [6.45, 7) is 3.35. The van der Waals surface area contributed by atoms with E-state index in [0.29, 0.717) is 11.5 Å². The highest BCUT2D eigenvalue weighted by Crippen LogP contribution is 2.21. The number of hydrogen-bond acceptors (Lipinski definition) is 6. The van der Waals surface area contributed by atoms with Gasteiger partial charge in [0.25, 0.3) is 0 Å². The molecule has 0 saturated heterocycles. The summed E-state index contributed by atoms with van der Waals surface area (Å²) in [6.07, 6.45) is 3.59. The summed E-state index contributed by atoms with van der Waals surface area (Å²) < 4.78 is 6.93. The molecule has 3 aromatic heterocycles. The number of anilines is 1. The molecule has 0 fully saturated rings. The number of fused-ring (bicyclic) bond motifs is 1. The second-order valence-corrected chi connectivity index (χ2v) is 6.39. The third-order valence-electron chi connectivity index (χ3n) is 4.15. The van der Waals surface area contributed by atoms with E-state index >= 15 is 0 Å². The van der Waals surface area contributed by atoms with Gasteiger partial charge in [0.1, 0.15) is 17.1 Å². The maximum atomic E-state index is 10.6. The molecule has 4 rings (SSSR count). The largest absolute Gasteiger partial charge is 0.372 e. The van der Waals surface area contributed by atoms with Crippen molar-refractivity contribution in [1.82, 2.24) is 19.7 Å². The zero-order chi connectivity index (χ0) is 19.0. The Kier molecular flexibility index (Phi) is 3.90. The van der Waals surface area contributed by atoms with E-state index in [1.165, 1.54) is 0 Å². The van der Waals surface area contributed by atoms with Crippen molar-refractivity contribution in [3.63, 3.8) is 0 Å². The minimum atomic E-state index is -1.41. The standard InChI is InChI=1S/C20H17N5O2/c1-13-10-17(24-27-13)20(2,26)8-6-14-4-3-5-16(11-14)25-9-7-15-12-22-19(21)23-18(15)25/h3-5,7,9-12,26H,1-2H3,(H2,21,22,23). The molecule has 0 aliphatic rings. The number of nitrogens with zero attached hydrogens (tertiary/aromatic N) is 4. The maximum absolute atomic E-state index is 10.6. The monoisotopic (exact) mass is 359 g/mol. The van der Waals surface area contributed by atoms with Gasteiger partial charge in [0, 0.05) is 35.1 Å². The Morgan fingerprint density at radius 3 is 2.89 bits per heavy atom. The van der Waals surface area contributed by atoms with Crippen LogP contribution in [-0.4, -0.2) is 24.8 Å². The Morgan fingerprint density at radius 1 is 1.26 bits per heavy atom. The smallest absolute Gasteiger partial charge is 0.221 e. The molecule has 1 aromatic carbocycles. The summed E-state index contributed by atoms with van der Waals surface area (Å²) >= 11 is 0. The Hall–Kier alpha value is -3.63. The molecule has 0 radical (unpaired) electrons. The van der Waals surface area contributed by atoms with Crippen molar-refractivity contribution in [1.29, 1.82) is 0 Å². The van der Waals surface area contributed by atoms with Crippen molar-refractivity contribution in [2.24, 2.45) is 0 Å². The van der Waals surface area contributed by atoms with Gasteiger partial charge in [-0.25, -0.2) is 4.98 Å². The van der Waals surface area contributed by atoms with Gasteiger partial charge in [0.15, 0.2) is 5.60 Å². The second-order valence-electron chi connectivity index (χ2n) is 6.39. The summed E-state index contributed by atoms with van der Waals surface area (Å²) in [5, 5.41) is 15.3. The first-order valence-corrected chi connectivity index (χ1v) is 8.32. The molecule has 7 heteroatoms. The molecule has 0 amide bonds. The minimum absolute atomic E-state index is 0.220. The molecule has 3 N–H and O–H groups in total. The zero-order valence-electron chi connectivity index (χ0n) is 14.8. The fourth-order valence-electron chi connectivity index (χ4n) is 2.73. The van der Waals surface area contributed by atoms with E-state index in [1.807, 2.05) is 41.1 Å². The van der Waals surface area contributed by atoms with Crippen molar-refractivity contribution < 1.29 is 9.63 Å². The Labute approximate surface area is 155 Å². The van der Waals surface area contributed by atoms with Gasteiger partial charge < -0.3 is 19.9 Å². The molecule has 0 aliphatic carbocycles. The molecule has 0 saturated carbocycles. The van der Waals surface area contributed by atoms with Crippen molar-refractivity contribution in [2.75, 3.05) is 5.73 Å². The van der Waals surface area contributed by atoms with Gasteiger partial charge in [0.05, 0.1) is 0 Å². The lowest BCUT2D eigenvalue weighted by Crippen LogP contribution is -2.18. The minimum Gasteiger partial charge on any atom is -0.372 e. The number of benzene rings is 1. The van der Waals surface area contributed by atoms with Gasteiger partial charge in [-0.2, -0.15) is 4.98 Å². The predicted molar refractivity (Wildman–Crippen MR) is 101 cm³/mol. The van der Waals surface area contributed by atoms with Crippen molar-refractivity contribution >= 4 is 17.0 Å². The van der Waals surface area contributed by atoms with E-state index in [0.717, 1.165) is 22.3 Å². The topological polar surface area (TPSA) is 103 Å². The van der Waals surface area contributed by atoms with Crippen molar-refractivity contribution in [3.05, 3.63) is 65.8 Å². The van der Waals surface area contributed by atoms with Crippen LogP contribution < -0.4 is 5.73 Å². The van der Waals surface area contributed by atoms with Gasteiger partial charge >= 0.3 is 0 Å². The van der Waals surface area contributed by atoms with Crippen LogP contribution in [0.1, 0.15) is 23.9 Å². The van der Waals surface area contributed by atoms with Gasteiger partial charge in [-0.1, -0.05) is 23.1 Å². The van der Waals surface area contributed by atoms with E-state index in [-0.39, 0.29) is 5.95 Å². The average Bonchev–Trinajstić information content (AvgIpc) is 3.27. The highest BCUT2D eigenvalue weighted by Gasteiger charge is 2.24. The summed E-state index contributed by atoms with van der Waals surface area (Å²) in [6, 6.07) is 11.2. The highest BCUT2D eigenvalue weighted by molar-refractivity contribution is 5.78. The molecule has 27 heavy (non-hydrogen) atoms. The molecule has 4 aromatic rings. The predicted octanol–water partition coefficient (Wildman–Crippen LogP) is 2.56. The lowest BCUT2D eigenvalue weighted by Gasteiger charge is -2.11. The number of hydrogen-bond donors (Lipinski definition) is 2. The molecule has 0 aliphatic heterocycles. The van der Waals surface area contributed by atoms with Crippen LogP contribution in [0.5, 0.6) is 0 Å². The van der Waals surface area contributed by atoms with Gasteiger partial charge in [-0.3, -0.25) is 0 Å². The van der Waals surface area contributed by atoms with Gasteiger partial charge in [-0.15, -0.1) is 0 Å². The SMILES string of the molecule is Cc1cc(C(C)(O)C#Cc2cccc(-n3ccc4cnc(N)nc43)c2)no1. The number of aliphatic hydroxyl groups is 1. The van der Waals surface area contributed by atoms with Crippen LogP contribution in [0.2, 0.25) is 0 Å². The lowest BCUT2D eigenvalue weighted by molar-refractivity contribution is 0.112. The first-order chi connectivity index (χ1) is 12.9. The van der Waals surface area contributed by atoms with Crippen LogP contribution in [0, 0.1) is 18.8 Å². The van der Waals surface area contributed by atoms with Crippen LogP contribution in [-0.2, 0) is 5.60 Å². The number of nitrogen functional groups attached to an aromatic ring is 1. The maximum Gasteiger partial charge on any atom is 0.221 e. The third kappa shape index (κ3) is 3.26. The van der Waals surface area contributed by atoms with Crippen LogP contribution in [0.15, 0.2) is 53.3 Å². The fraction of sp³-hybridized carbons (Fsp3) is 0.150. The molecular formula is C20H17N5O2. The summed E-state index contributed by atoms with van der Waals surface area (Å²) in [4.78, 5) is 8.31. The van der Waals surface area contributed by atoms with Crippen LogP contribution in [0.4, 0.5) is 5.95 Å². The van der Waals surface area contributed by atoms with E-state index < -0.39 is 5.60 Å². The zero-order valence-corrected chi connectivity index (χ0v) is 14.8. The Balaban J connectivity index is 1.70. The summed E-state index contributed by atoms with van der Waals surface area (Å²) in [7, 11) is 0. The highest BCUT2D eigenvalue weighted by atomic mass is 16.5. The third-order valence-corrected chi connectivity index (χ3v) is 4.15. The van der Waals surface area contributed by atoms with E-state index in [2.05, 4.69) is 27.0 Å².